The zero-order valence-electron chi connectivity index (χ0n) is 18.5. The Morgan fingerprint density at radius 3 is 2.32 bits per heavy atom. The number of hydrogen-bond acceptors (Lipinski definition) is 6. The second kappa shape index (κ2) is 11.6. The van der Waals surface area contributed by atoms with Crippen LogP contribution in [-0.2, 0) is 16.0 Å². The van der Waals surface area contributed by atoms with E-state index in [0.29, 0.717) is 11.5 Å². The molecule has 1 unspecified atom stereocenters. The van der Waals surface area contributed by atoms with Gasteiger partial charge in [-0.1, -0.05) is 12.1 Å². The molecule has 0 aliphatic rings. The fourth-order valence-electron chi connectivity index (χ4n) is 2.67. The monoisotopic (exact) mass is 427 g/mol. The number of ether oxygens (including phenoxy) is 3. The second-order valence-electron chi connectivity index (χ2n) is 7.13. The molecule has 0 saturated heterocycles. The van der Waals surface area contributed by atoms with Gasteiger partial charge in [-0.3, -0.25) is 9.59 Å². The zero-order valence-corrected chi connectivity index (χ0v) is 18.5. The number of hydrogen-bond donors (Lipinski definition) is 2. The van der Waals surface area contributed by atoms with Crippen molar-refractivity contribution in [3.05, 3.63) is 53.6 Å². The molecule has 2 rings (SSSR count). The quantitative estimate of drug-likeness (QED) is 0.449. The van der Waals surface area contributed by atoms with Gasteiger partial charge in [0.05, 0.1) is 33.0 Å². The second-order valence-corrected chi connectivity index (χ2v) is 7.13. The number of amides is 2. The summed E-state index contributed by atoms with van der Waals surface area (Å²) in [5, 5.41) is 6.61. The minimum absolute atomic E-state index is 0.0223. The van der Waals surface area contributed by atoms with E-state index < -0.39 is 11.9 Å². The van der Waals surface area contributed by atoms with E-state index in [1.165, 1.54) is 6.21 Å². The van der Waals surface area contributed by atoms with Gasteiger partial charge in [0.15, 0.2) is 11.5 Å². The third-order valence-electron chi connectivity index (χ3n) is 4.23. The lowest BCUT2D eigenvalue weighted by Crippen LogP contribution is -2.43. The summed E-state index contributed by atoms with van der Waals surface area (Å²) in [7, 11) is 3.14. The summed E-state index contributed by atoms with van der Waals surface area (Å²) < 4.78 is 16.1. The smallest absolute Gasteiger partial charge is 0.262 e. The first-order valence-electron chi connectivity index (χ1n) is 9.92. The van der Waals surface area contributed by atoms with Gasteiger partial charge in [-0.25, -0.2) is 5.43 Å². The van der Waals surface area contributed by atoms with Crippen molar-refractivity contribution in [2.24, 2.45) is 5.10 Å². The molecule has 0 aliphatic heterocycles. The minimum atomic E-state index is -0.737. The number of rotatable bonds is 10. The molecule has 166 valence electrons. The number of carbonyl (C=O) groups is 2. The molecule has 0 fully saturated rings. The highest BCUT2D eigenvalue weighted by Gasteiger charge is 2.15. The SMILES string of the molecule is COc1ccc(CC(=O)NC(C)C(=O)NN=Cc2ccc(OC(C)C)c(OC)c2)cc1. The molecular formula is C23H29N3O5. The summed E-state index contributed by atoms with van der Waals surface area (Å²) in [5.41, 5.74) is 3.98. The van der Waals surface area contributed by atoms with Gasteiger partial charge in [0.2, 0.25) is 5.91 Å². The average molecular weight is 428 g/mol. The van der Waals surface area contributed by atoms with Gasteiger partial charge >= 0.3 is 0 Å². The molecule has 1 atom stereocenters. The minimum Gasteiger partial charge on any atom is -0.497 e. The van der Waals surface area contributed by atoms with E-state index in [-0.39, 0.29) is 18.4 Å². The Labute approximate surface area is 182 Å². The first kappa shape index (κ1) is 23.7. The molecule has 0 heterocycles. The fraction of sp³-hybridized carbons (Fsp3) is 0.348. The molecule has 2 amide bonds. The van der Waals surface area contributed by atoms with Crippen LogP contribution in [0.25, 0.3) is 0 Å². The Morgan fingerprint density at radius 2 is 1.71 bits per heavy atom. The van der Waals surface area contributed by atoms with Crippen molar-refractivity contribution in [1.29, 1.82) is 0 Å². The summed E-state index contributed by atoms with van der Waals surface area (Å²) in [5.74, 6) is 1.23. The number of hydrazone groups is 1. The van der Waals surface area contributed by atoms with Crippen LogP contribution in [0.2, 0.25) is 0 Å². The van der Waals surface area contributed by atoms with Crippen LogP contribution in [0.5, 0.6) is 17.2 Å². The van der Waals surface area contributed by atoms with Crippen LogP contribution in [0.1, 0.15) is 31.9 Å². The largest absolute Gasteiger partial charge is 0.497 e. The topological polar surface area (TPSA) is 98.2 Å². The van der Waals surface area contributed by atoms with E-state index in [4.69, 9.17) is 14.2 Å². The van der Waals surface area contributed by atoms with Gasteiger partial charge in [0.25, 0.3) is 5.91 Å². The molecule has 0 aliphatic carbocycles. The Balaban J connectivity index is 1.86. The number of nitrogens with one attached hydrogen (secondary N) is 2. The summed E-state index contributed by atoms with van der Waals surface area (Å²) in [4.78, 5) is 24.4. The molecule has 0 bridgehead atoms. The lowest BCUT2D eigenvalue weighted by Gasteiger charge is -2.14. The Morgan fingerprint density at radius 1 is 1.00 bits per heavy atom. The van der Waals surface area contributed by atoms with Crippen molar-refractivity contribution in [1.82, 2.24) is 10.7 Å². The van der Waals surface area contributed by atoms with E-state index in [1.54, 1.807) is 63.6 Å². The predicted octanol–water partition coefficient (Wildman–Crippen LogP) is 2.69. The maximum absolute atomic E-state index is 12.2. The van der Waals surface area contributed by atoms with Crippen LogP contribution in [-0.4, -0.2) is 44.4 Å². The highest BCUT2D eigenvalue weighted by molar-refractivity contribution is 5.89. The summed E-state index contributed by atoms with van der Waals surface area (Å²) in [6.45, 7) is 5.46. The maximum atomic E-state index is 12.2. The maximum Gasteiger partial charge on any atom is 0.262 e. The molecule has 8 heteroatoms. The van der Waals surface area contributed by atoms with Crippen molar-refractivity contribution in [3.8, 4) is 17.2 Å². The zero-order chi connectivity index (χ0) is 22.8. The molecule has 8 nitrogen and oxygen atoms in total. The molecule has 0 radical (unpaired) electrons. The van der Waals surface area contributed by atoms with Gasteiger partial charge in [-0.15, -0.1) is 0 Å². The van der Waals surface area contributed by atoms with E-state index in [2.05, 4.69) is 15.8 Å². The molecule has 0 saturated carbocycles. The van der Waals surface area contributed by atoms with Gasteiger partial charge in [-0.05, 0) is 62.2 Å². The number of benzene rings is 2. The van der Waals surface area contributed by atoms with Gasteiger partial charge in [0, 0.05) is 0 Å². The van der Waals surface area contributed by atoms with E-state index in [0.717, 1.165) is 16.9 Å². The van der Waals surface area contributed by atoms with Crippen LogP contribution in [0.3, 0.4) is 0 Å². The summed E-state index contributed by atoms with van der Waals surface area (Å²) in [6, 6.07) is 11.8. The van der Waals surface area contributed by atoms with Crippen LogP contribution in [0.15, 0.2) is 47.6 Å². The fourth-order valence-corrected chi connectivity index (χ4v) is 2.67. The Bertz CT molecular complexity index is 910. The van der Waals surface area contributed by atoms with Crippen LogP contribution >= 0.6 is 0 Å². The predicted molar refractivity (Wildman–Crippen MR) is 119 cm³/mol. The van der Waals surface area contributed by atoms with Gasteiger partial charge < -0.3 is 19.5 Å². The van der Waals surface area contributed by atoms with Crippen molar-refractivity contribution in [3.63, 3.8) is 0 Å². The van der Waals surface area contributed by atoms with Crippen molar-refractivity contribution in [2.75, 3.05) is 14.2 Å². The van der Waals surface area contributed by atoms with E-state index in [9.17, 15) is 9.59 Å². The normalized spacial score (nSPS) is 11.8. The Hall–Kier alpha value is -3.55. The lowest BCUT2D eigenvalue weighted by atomic mass is 10.1. The lowest BCUT2D eigenvalue weighted by molar-refractivity contribution is -0.128. The first-order chi connectivity index (χ1) is 14.8. The third-order valence-corrected chi connectivity index (χ3v) is 4.23. The van der Waals surface area contributed by atoms with Gasteiger partial charge in [-0.2, -0.15) is 5.10 Å². The standard InChI is InChI=1S/C23H29N3O5/c1-15(2)31-20-11-8-18(12-21(20)30-5)14-24-26-23(28)16(3)25-22(27)13-17-6-9-19(29-4)10-7-17/h6-12,14-16H,13H2,1-5H3,(H,25,27)(H,26,28). The summed E-state index contributed by atoms with van der Waals surface area (Å²) >= 11 is 0. The molecule has 0 aromatic heterocycles. The van der Waals surface area contributed by atoms with E-state index >= 15 is 0 Å². The molecular weight excluding hydrogens is 398 g/mol. The van der Waals surface area contributed by atoms with Crippen molar-refractivity contribution in [2.45, 2.75) is 39.3 Å². The molecule has 2 aromatic carbocycles. The molecule has 2 aromatic rings. The third kappa shape index (κ3) is 7.65. The molecule has 2 N–H and O–H groups in total. The average Bonchev–Trinajstić information content (AvgIpc) is 2.74. The van der Waals surface area contributed by atoms with Crippen LogP contribution < -0.4 is 25.0 Å². The highest BCUT2D eigenvalue weighted by Crippen LogP contribution is 2.28. The first-order valence-corrected chi connectivity index (χ1v) is 9.92. The summed E-state index contributed by atoms with van der Waals surface area (Å²) in [6.07, 6.45) is 1.68. The van der Waals surface area contributed by atoms with Crippen LogP contribution in [0, 0.1) is 0 Å². The molecule has 31 heavy (non-hydrogen) atoms. The van der Waals surface area contributed by atoms with Crippen molar-refractivity contribution >= 4 is 18.0 Å². The molecule has 0 spiro atoms. The number of carbonyl (C=O) groups excluding carboxylic acids is 2. The highest BCUT2D eigenvalue weighted by atomic mass is 16.5. The Kier molecular flexibility index (Phi) is 8.87. The van der Waals surface area contributed by atoms with Crippen LogP contribution in [0.4, 0.5) is 0 Å². The number of methoxy groups -OCH3 is 2. The van der Waals surface area contributed by atoms with E-state index in [1.807, 2.05) is 13.8 Å². The number of nitrogens with zero attached hydrogens (tertiary/aromatic N) is 1. The van der Waals surface area contributed by atoms with Crippen molar-refractivity contribution < 1.29 is 23.8 Å². The van der Waals surface area contributed by atoms with Gasteiger partial charge in [0.1, 0.15) is 11.8 Å².